The van der Waals surface area contributed by atoms with Crippen LogP contribution in [0.2, 0.25) is 0 Å². The number of hydrogen-bond acceptors (Lipinski definition) is 3. The fourth-order valence-electron chi connectivity index (χ4n) is 1.25. The minimum absolute atomic E-state index is 0.326. The van der Waals surface area contributed by atoms with Gasteiger partial charge in [0.2, 0.25) is 0 Å². The number of alkyl halides is 1. The number of benzene rings is 1. The summed E-state index contributed by atoms with van der Waals surface area (Å²) < 4.78 is 10.0. The van der Waals surface area contributed by atoms with Gasteiger partial charge in [0.05, 0.1) is 19.3 Å². The van der Waals surface area contributed by atoms with Gasteiger partial charge in [-0.05, 0) is 30.7 Å². The molecule has 1 rings (SSSR count). The molecule has 0 aliphatic carbocycles. The highest BCUT2D eigenvalue weighted by molar-refractivity contribution is 9.08. The average Bonchev–Trinajstić information content (AvgIpc) is 2.28. The summed E-state index contributed by atoms with van der Waals surface area (Å²) >= 11 is 3.33. The van der Waals surface area contributed by atoms with Gasteiger partial charge in [-0.2, -0.15) is 0 Å². The molecule has 1 aromatic carbocycles. The average molecular weight is 273 g/mol. The van der Waals surface area contributed by atoms with Crippen LogP contribution in [0.15, 0.2) is 18.2 Å². The molecule has 0 aliphatic heterocycles. The maximum Gasteiger partial charge on any atom is 0.338 e. The molecule has 0 aliphatic rings. The van der Waals surface area contributed by atoms with Gasteiger partial charge < -0.3 is 9.47 Å². The van der Waals surface area contributed by atoms with Crippen molar-refractivity contribution in [3.8, 4) is 5.75 Å². The Balaban J connectivity index is 3.03. The van der Waals surface area contributed by atoms with E-state index in [2.05, 4.69) is 20.7 Å². The molecule has 0 spiro atoms. The molecule has 0 bridgehead atoms. The van der Waals surface area contributed by atoms with Crippen LogP contribution in [-0.4, -0.2) is 19.7 Å². The summed E-state index contributed by atoms with van der Waals surface area (Å²) in [6.07, 6.45) is 0. The van der Waals surface area contributed by atoms with E-state index in [-0.39, 0.29) is 5.97 Å². The molecule has 0 N–H and O–H groups in total. The molecule has 0 atom stereocenters. The summed E-state index contributed by atoms with van der Waals surface area (Å²) in [7, 11) is 1.37. The Hall–Kier alpha value is -1.03. The fraction of sp³-hybridized carbons (Fsp3) is 0.364. The number of hydrogen-bond donors (Lipinski definition) is 0. The lowest BCUT2D eigenvalue weighted by Gasteiger charge is -2.08. The van der Waals surface area contributed by atoms with Crippen LogP contribution in [0.5, 0.6) is 5.75 Å². The molecule has 0 fully saturated rings. The number of methoxy groups -OCH3 is 1. The zero-order valence-electron chi connectivity index (χ0n) is 8.75. The van der Waals surface area contributed by atoms with Gasteiger partial charge in [0.15, 0.2) is 0 Å². The molecule has 15 heavy (non-hydrogen) atoms. The number of carbonyl (C=O) groups is 1. The van der Waals surface area contributed by atoms with Crippen molar-refractivity contribution in [3.63, 3.8) is 0 Å². The van der Waals surface area contributed by atoms with Crippen LogP contribution >= 0.6 is 15.9 Å². The van der Waals surface area contributed by atoms with Crippen LogP contribution in [0.4, 0.5) is 0 Å². The number of rotatable bonds is 4. The van der Waals surface area contributed by atoms with Crippen molar-refractivity contribution in [1.82, 2.24) is 0 Å². The Morgan fingerprint density at radius 2 is 2.20 bits per heavy atom. The second-order valence-electron chi connectivity index (χ2n) is 2.88. The minimum Gasteiger partial charge on any atom is -0.494 e. The minimum atomic E-state index is -0.326. The molecule has 0 amide bonds. The maximum absolute atomic E-state index is 11.4. The lowest BCUT2D eigenvalue weighted by molar-refractivity contribution is 0.0600. The predicted molar refractivity (Wildman–Crippen MR) is 61.6 cm³/mol. The highest BCUT2D eigenvalue weighted by Crippen LogP contribution is 2.20. The van der Waals surface area contributed by atoms with Gasteiger partial charge in [-0.15, -0.1) is 0 Å². The number of halogens is 1. The third-order valence-electron chi connectivity index (χ3n) is 1.94. The van der Waals surface area contributed by atoms with Crippen molar-refractivity contribution in [3.05, 3.63) is 29.3 Å². The summed E-state index contributed by atoms with van der Waals surface area (Å²) in [5, 5.41) is 0.596. The maximum atomic E-state index is 11.4. The quantitative estimate of drug-likeness (QED) is 0.625. The Labute approximate surface area is 97.5 Å². The Morgan fingerprint density at radius 1 is 1.47 bits per heavy atom. The predicted octanol–water partition coefficient (Wildman–Crippen LogP) is 2.77. The van der Waals surface area contributed by atoms with E-state index >= 15 is 0 Å². The van der Waals surface area contributed by atoms with Crippen LogP contribution in [0.25, 0.3) is 0 Å². The summed E-state index contributed by atoms with van der Waals surface area (Å²) in [6, 6.07) is 5.32. The van der Waals surface area contributed by atoms with E-state index in [9.17, 15) is 4.79 Å². The first kappa shape index (κ1) is 12.0. The third-order valence-corrected chi connectivity index (χ3v) is 2.54. The number of ether oxygens (including phenoxy) is 2. The molecule has 0 unspecified atom stereocenters. The molecular formula is C11H13BrO3. The van der Waals surface area contributed by atoms with Crippen molar-refractivity contribution in [2.45, 2.75) is 12.3 Å². The van der Waals surface area contributed by atoms with Crippen molar-refractivity contribution < 1.29 is 14.3 Å². The van der Waals surface area contributed by atoms with Gasteiger partial charge in [0.1, 0.15) is 5.75 Å². The van der Waals surface area contributed by atoms with Crippen molar-refractivity contribution >= 4 is 21.9 Å². The SMILES string of the molecule is CCOc1ccc(C(=O)OC)c(CBr)c1. The highest BCUT2D eigenvalue weighted by Gasteiger charge is 2.11. The first-order valence-electron chi connectivity index (χ1n) is 4.63. The van der Waals surface area contributed by atoms with Crippen LogP contribution in [-0.2, 0) is 10.1 Å². The monoisotopic (exact) mass is 272 g/mol. The Kier molecular flexibility index (Phi) is 4.62. The summed E-state index contributed by atoms with van der Waals surface area (Å²) in [5.74, 6) is 0.437. The van der Waals surface area contributed by atoms with Gasteiger partial charge in [0.25, 0.3) is 0 Å². The van der Waals surface area contributed by atoms with E-state index in [1.54, 1.807) is 12.1 Å². The van der Waals surface area contributed by atoms with Crippen LogP contribution in [0.1, 0.15) is 22.8 Å². The van der Waals surface area contributed by atoms with Gasteiger partial charge in [-0.3, -0.25) is 0 Å². The number of carbonyl (C=O) groups excluding carboxylic acids is 1. The Bertz CT molecular complexity index is 350. The smallest absolute Gasteiger partial charge is 0.338 e. The molecule has 82 valence electrons. The topological polar surface area (TPSA) is 35.5 Å². The fourth-order valence-corrected chi connectivity index (χ4v) is 1.71. The van der Waals surface area contributed by atoms with Gasteiger partial charge >= 0.3 is 5.97 Å². The summed E-state index contributed by atoms with van der Waals surface area (Å²) in [5.41, 5.74) is 1.44. The highest BCUT2D eigenvalue weighted by atomic mass is 79.9. The largest absolute Gasteiger partial charge is 0.494 e. The molecule has 4 heteroatoms. The molecule has 1 aromatic rings. The molecule has 0 radical (unpaired) electrons. The van der Waals surface area contributed by atoms with E-state index < -0.39 is 0 Å². The van der Waals surface area contributed by atoms with Crippen LogP contribution in [0.3, 0.4) is 0 Å². The lowest BCUT2D eigenvalue weighted by Crippen LogP contribution is -2.05. The second kappa shape index (κ2) is 5.75. The van der Waals surface area contributed by atoms with E-state index in [1.807, 2.05) is 13.0 Å². The van der Waals surface area contributed by atoms with E-state index in [0.29, 0.717) is 17.5 Å². The molecule has 0 saturated heterocycles. The van der Waals surface area contributed by atoms with Crippen molar-refractivity contribution in [2.75, 3.05) is 13.7 Å². The zero-order valence-corrected chi connectivity index (χ0v) is 10.3. The lowest BCUT2D eigenvalue weighted by atomic mass is 10.1. The van der Waals surface area contributed by atoms with E-state index in [4.69, 9.17) is 4.74 Å². The van der Waals surface area contributed by atoms with Crippen molar-refractivity contribution in [2.24, 2.45) is 0 Å². The first-order chi connectivity index (χ1) is 7.22. The molecular weight excluding hydrogens is 260 g/mol. The number of esters is 1. The molecule has 3 nitrogen and oxygen atoms in total. The van der Waals surface area contributed by atoms with Gasteiger partial charge in [0, 0.05) is 5.33 Å². The molecule has 0 aromatic heterocycles. The van der Waals surface area contributed by atoms with Gasteiger partial charge in [-0.25, -0.2) is 4.79 Å². The van der Waals surface area contributed by atoms with Gasteiger partial charge in [-0.1, -0.05) is 15.9 Å². The molecule has 0 saturated carbocycles. The second-order valence-corrected chi connectivity index (χ2v) is 3.44. The normalized spacial score (nSPS) is 9.80. The van der Waals surface area contributed by atoms with Crippen molar-refractivity contribution in [1.29, 1.82) is 0 Å². The van der Waals surface area contributed by atoms with Crippen LogP contribution in [0, 0.1) is 0 Å². The summed E-state index contributed by atoms with van der Waals surface area (Å²) in [6.45, 7) is 2.53. The van der Waals surface area contributed by atoms with E-state index in [0.717, 1.165) is 11.3 Å². The zero-order chi connectivity index (χ0) is 11.3. The molecule has 0 heterocycles. The van der Waals surface area contributed by atoms with Crippen LogP contribution < -0.4 is 4.74 Å². The standard InChI is InChI=1S/C11H13BrO3/c1-3-15-9-4-5-10(11(13)14-2)8(6-9)7-12/h4-6H,3,7H2,1-2H3. The summed E-state index contributed by atoms with van der Waals surface area (Å²) in [4.78, 5) is 11.4. The third kappa shape index (κ3) is 2.96. The first-order valence-corrected chi connectivity index (χ1v) is 5.75. The van der Waals surface area contributed by atoms with E-state index in [1.165, 1.54) is 7.11 Å². The Morgan fingerprint density at radius 3 is 2.73 bits per heavy atom.